The van der Waals surface area contributed by atoms with Crippen LogP contribution in [0.25, 0.3) is 5.52 Å². The molecule has 2 aromatic heterocycles. The topological polar surface area (TPSA) is 30.2 Å². The first-order chi connectivity index (χ1) is 7.09. The van der Waals surface area contributed by atoms with Crippen LogP contribution >= 0.6 is 0 Å². The van der Waals surface area contributed by atoms with E-state index in [1.807, 2.05) is 30.6 Å². The van der Waals surface area contributed by atoms with Crippen molar-refractivity contribution in [3.63, 3.8) is 0 Å². The van der Waals surface area contributed by atoms with E-state index in [1.165, 1.54) is 5.69 Å². The van der Waals surface area contributed by atoms with E-state index < -0.39 is 0 Å². The fraction of sp³-hybridized carbons (Fsp3) is 0.500. The van der Waals surface area contributed by atoms with Crippen molar-refractivity contribution in [2.45, 2.75) is 40.0 Å². The van der Waals surface area contributed by atoms with Crippen molar-refractivity contribution in [1.82, 2.24) is 14.6 Å². The highest BCUT2D eigenvalue weighted by atomic mass is 15.2. The van der Waals surface area contributed by atoms with E-state index in [0.29, 0.717) is 0 Å². The van der Waals surface area contributed by atoms with E-state index in [1.54, 1.807) is 6.33 Å². The molecule has 0 aliphatic carbocycles. The molecule has 15 heavy (non-hydrogen) atoms. The first-order valence-electron chi connectivity index (χ1n) is 5.37. The van der Waals surface area contributed by atoms with Crippen LogP contribution in [0.4, 0.5) is 0 Å². The van der Waals surface area contributed by atoms with Gasteiger partial charge in [-0.2, -0.15) is 5.10 Å². The zero-order valence-electron chi connectivity index (χ0n) is 10.2. The maximum atomic E-state index is 4.21. The lowest BCUT2D eigenvalue weighted by atomic mass is 9.93. The van der Waals surface area contributed by atoms with Gasteiger partial charge in [0.2, 0.25) is 0 Å². The predicted molar refractivity (Wildman–Crippen MR) is 63.0 cm³/mol. The Hall–Kier alpha value is -1.38. The molecule has 3 nitrogen and oxygen atoms in total. The maximum absolute atomic E-state index is 4.21. The second-order valence-corrected chi connectivity index (χ2v) is 4.21. The third-order valence-corrected chi connectivity index (χ3v) is 2.09. The molecule has 2 aromatic rings. The molecule has 0 aliphatic rings. The van der Waals surface area contributed by atoms with Crippen LogP contribution in [-0.2, 0) is 5.41 Å². The van der Waals surface area contributed by atoms with Crippen LogP contribution in [0.3, 0.4) is 0 Å². The van der Waals surface area contributed by atoms with Crippen LogP contribution in [0.15, 0.2) is 24.7 Å². The fourth-order valence-electron chi connectivity index (χ4n) is 1.43. The van der Waals surface area contributed by atoms with Gasteiger partial charge in [0.05, 0.1) is 11.7 Å². The summed E-state index contributed by atoms with van der Waals surface area (Å²) in [7, 11) is 0. The number of aromatic nitrogens is 3. The molecule has 0 saturated carbocycles. The number of nitrogens with zero attached hydrogens (tertiary/aromatic N) is 3. The molecule has 0 aliphatic heterocycles. The highest BCUT2D eigenvalue weighted by molar-refractivity contribution is 5.47. The molecule has 82 valence electrons. The summed E-state index contributed by atoms with van der Waals surface area (Å²) in [5.41, 5.74) is 2.39. The van der Waals surface area contributed by atoms with Crippen molar-refractivity contribution >= 4 is 5.52 Å². The molecule has 0 radical (unpaired) electrons. The predicted octanol–water partition coefficient (Wildman–Crippen LogP) is 3.05. The van der Waals surface area contributed by atoms with Crippen molar-refractivity contribution in [3.05, 3.63) is 30.4 Å². The van der Waals surface area contributed by atoms with Gasteiger partial charge in [0.15, 0.2) is 0 Å². The largest absolute Gasteiger partial charge is 0.241 e. The lowest BCUT2D eigenvalue weighted by molar-refractivity contribution is 0.550. The Labute approximate surface area is 91.2 Å². The standard InChI is InChI=1S/C10H13N3.C2H6/c1-10(2,3)9-5-4-8-6-11-7-12-13(8)9;1-2/h4-7H,1-3H3;1-2H3. The van der Waals surface area contributed by atoms with Crippen molar-refractivity contribution in [2.75, 3.05) is 0 Å². The fourth-order valence-corrected chi connectivity index (χ4v) is 1.43. The molecule has 0 unspecified atom stereocenters. The smallest absolute Gasteiger partial charge is 0.136 e. The van der Waals surface area contributed by atoms with Gasteiger partial charge in [-0.15, -0.1) is 0 Å². The number of rotatable bonds is 0. The first-order valence-corrected chi connectivity index (χ1v) is 5.37. The van der Waals surface area contributed by atoms with E-state index in [-0.39, 0.29) is 5.41 Å². The normalized spacial score (nSPS) is 11.0. The van der Waals surface area contributed by atoms with Gasteiger partial charge in [0.1, 0.15) is 6.33 Å². The highest BCUT2D eigenvalue weighted by Gasteiger charge is 2.17. The Balaban J connectivity index is 0.000000531. The molecule has 0 fully saturated rings. The van der Waals surface area contributed by atoms with Gasteiger partial charge in [0.25, 0.3) is 0 Å². The second kappa shape index (κ2) is 4.43. The van der Waals surface area contributed by atoms with Gasteiger partial charge in [-0.1, -0.05) is 34.6 Å². The maximum Gasteiger partial charge on any atom is 0.136 e. The van der Waals surface area contributed by atoms with E-state index in [4.69, 9.17) is 0 Å². The minimum Gasteiger partial charge on any atom is -0.241 e. The molecule has 0 atom stereocenters. The third kappa shape index (κ3) is 2.35. The van der Waals surface area contributed by atoms with Gasteiger partial charge in [0, 0.05) is 11.1 Å². The van der Waals surface area contributed by atoms with Crippen molar-refractivity contribution in [3.8, 4) is 0 Å². The van der Waals surface area contributed by atoms with Crippen LogP contribution in [0.2, 0.25) is 0 Å². The summed E-state index contributed by atoms with van der Waals surface area (Å²) in [4.78, 5) is 3.98. The average molecular weight is 205 g/mol. The van der Waals surface area contributed by atoms with E-state index in [9.17, 15) is 0 Å². The molecule has 0 spiro atoms. The molecule has 3 heteroatoms. The van der Waals surface area contributed by atoms with Crippen LogP contribution in [0.5, 0.6) is 0 Å². The minimum atomic E-state index is 0.126. The van der Waals surface area contributed by atoms with Gasteiger partial charge < -0.3 is 0 Å². The molecule has 2 heterocycles. The van der Waals surface area contributed by atoms with E-state index >= 15 is 0 Å². The molecule has 2 rings (SSSR count). The highest BCUT2D eigenvalue weighted by Crippen LogP contribution is 2.22. The second-order valence-electron chi connectivity index (χ2n) is 4.21. The van der Waals surface area contributed by atoms with E-state index in [2.05, 4.69) is 36.9 Å². The van der Waals surface area contributed by atoms with Crippen molar-refractivity contribution in [2.24, 2.45) is 0 Å². The Kier molecular flexibility index (Phi) is 3.45. The number of fused-ring (bicyclic) bond motifs is 1. The summed E-state index contributed by atoms with van der Waals surface area (Å²) < 4.78 is 1.94. The summed E-state index contributed by atoms with van der Waals surface area (Å²) in [6.07, 6.45) is 3.39. The van der Waals surface area contributed by atoms with Crippen LogP contribution in [-0.4, -0.2) is 14.6 Å². The van der Waals surface area contributed by atoms with Crippen LogP contribution in [0.1, 0.15) is 40.3 Å². The first kappa shape index (κ1) is 11.7. The molecular weight excluding hydrogens is 186 g/mol. The van der Waals surface area contributed by atoms with Crippen molar-refractivity contribution in [1.29, 1.82) is 0 Å². The van der Waals surface area contributed by atoms with E-state index in [0.717, 1.165) is 5.52 Å². The summed E-state index contributed by atoms with van der Waals surface area (Å²) in [6.45, 7) is 10.5. The summed E-state index contributed by atoms with van der Waals surface area (Å²) >= 11 is 0. The van der Waals surface area contributed by atoms with Crippen LogP contribution in [0, 0.1) is 0 Å². The Morgan fingerprint density at radius 2 is 1.80 bits per heavy atom. The molecule has 0 aromatic carbocycles. The van der Waals surface area contributed by atoms with Gasteiger partial charge in [-0.3, -0.25) is 0 Å². The Morgan fingerprint density at radius 3 is 2.40 bits per heavy atom. The molecule has 0 N–H and O–H groups in total. The monoisotopic (exact) mass is 205 g/mol. The average Bonchev–Trinajstić information content (AvgIpc) is 2.63. The van der Waals surface area contributed by atoms with Gasteiger partial charge >= 0.3 is 0 Å². The molecule has 0 saturated heterocycles. The van der Waals surface area contributed by atoms with Crippen LogP contribution < -0.4 is 0 Å². The molecule has 0 amide bonds. The lowest BCUT2D eigenvalue weighted by Crippen LogP contribution is -2.15. The third-order valence-electron chi connectivity index (χ3n) is 2.09. The SMILES string of the molecule is CC.CC(C)(C)c1ccc2cncnn12. The molecular formula is C12H19N3. The molecule has 0 bridgehead atoms. The van der Waals surface area contributed by atoms with Gasteiger partial charge in [-0.05, 0) is 12.1 Å². The number of hydrogen-bond donors (Lipinski definition) is 0. The van der Waals surface area contributed by atoms with Gasteiger partial charge in [-0.25, -0.2) is 9.50 Å². The quantitative estimate of drug-likeness (QED) is 0.661. The lowest BCUT2D eigenvalue weighted by Gasteiger charge is -2.17. The zero-order chi connectivity index (χ0) is 11.5. The minimum absolute atomic E-state index is 0.126. The summed E-state index contributed by atoms with van der Waals surface area (Å²) in [6, 6.07) is 4.14. The Bertz CT molecular complexity index is 424. The summed E-state index contributed by atoms with van der Waals surface area (Å²) in [5.74, 6) is 0. The summed E-state index contributed by atoms with van der Waals surface area (Å²) in [5, 5.41) is 4.21. The zero-order valence-corrected chi connectivity index (χ0v) is 10.2. The number of hydrogen-bond acceptors (Lipinski definition) is 2. The van der Waals surface area contributed by atoms with Crippen molar-refractivity contribution < 1.29 is 0 Å². The Morgan fingerprint density at radius 1 is 1.13 bits per heavy atom.